The predicted octanol–water partition coefficient (Wildman–Crippen LogP) is 3.72. The van der Waals surface area contributed by atoms with Gasteiger partial charge in [0.1, 0.15) is 11.5 Å². The Balaban J connectivity index is 1.79. The molecule has 94 valence electrons. The molecule has 1 heterocycles. The second-order valence-electron chi connectivity index (χ2n) is 4.06. The summed E-state index contributed by atoms with van der Waals surface area (Å²) in [5, 5.41) is 3.65. The molecule has 0 aliphatic rings. The topological polar surface area (TPSA) is 61.3 Å². The van der Waals surface area contributed by atoms with Crippen LogP contribution in [0.5, 0.6) is 11.5 Å². The summed E-state index contributed by atoms with van der Waals surface area (Å²) in [6, 6.07) is 18.9. The number of anilines is 1. The zero-order chi connectivity index (χ0) is 13.1. The molecule has 0 aliphatic carbocycles. The molecule has 0 radical (unpaired) electrons. The lowest BCUT2D eigenvalue weighted by molar-refractivity contribution is 0.435. The van der Waals surface area contributed by atoms with E-state index in [0.29, 0.717) is 11.6 Å². The van der Waals surface area contributed by atoms with Gasteiger partial charge in [-0.1, -0.05) is 23.4 Å². The number of nitrogens with zero attached hydrogens (tertiary/aromatic N) is 1. The van der Waals surface area contributed by atoms with Gasteiger partial charge in [0.15, 0.2) is 11.6 Å². The molecule has 0 spiro atoms. The van der Waals surface area contributed by atoms with Crippen LogP contribution >= 0.6 is 0 Å². The van der Waals surface area contributed by atoms with Gasteiger partial charge in [0.2, 0.25) is 0 Å². The fourth-order valence-corrected chi connectivity index (χ4v) is 1.74. The van der Waals surface area contributed by atoms with Crippen molar-refractivity contribution >= 4 is 5.82 Å². The summed E-state index contributed by atoms with van der Waals surface area (Å²) >= 11 is 0. The monoisotopic (exact) mass is 252 g/mol. The summed E-state index contributed by atoms with van der Waals surface area (Å²) in [6.07, 6.45) is 0. The normalized spacial score (nSPS) is 10.3. The molecular weight excluding hydrogens is 240 g/mol. The molecule has 0 saturated heterocycles. The fraction of sp³-hybridized carbons (Fsp3) is 0. The molecule has 0 saturated carbocycles. The maximum Gasteiger partial charge on any atom is 0.169 e. The van der Waals surface area contributed by atoms with Crippen molar-refractivity contribution in [3.05, 3.63) is 60.7 Å². The number of nitrogens with two attached hydrogens (primary N) is 1. The highest BCUT2D eigenvalue weighted by molar-refractivity contribution is 5.60. The number of para-hydroxylation sites is 1. The van der Waals surface area contributed by atoms with E-state index in [9.17, 15) is 0 Å². The van der Waals surface area contributed by atoms with E-state index in [1.54, 1.807) is 6.07 Å². The molecule has 19 heavy (non-hydrogen) atoms. The lowest BCUT2D eigenvalue weighted by Crippen LogP contribution is -1.83. The number of benzene rings is 2. The smallest absolute Gasteiger partial charge is 0.169 e. The molecule has 3 aromatic rings. The van der Waals surface area contributed by atoms with Gasteiger partial charge in [-0.2, -0.15) is 0 Å². The van der Waals surface area contributed by atoms with E-state index >= 15 is 0 Å². The van der Waals surface area contributed by atoms with E-state index < -0.39 is 0 Å². The minimum atomic E-state index is 0.375. The third-order valence-electron chi connectivity index (χ3n) is 2.65. The van der Waals surface area contributed by atoms with Crippen molar-refractivity contribution in [1.82, 2.24) is 5.16 Å². The molecule has 3 rings (SSSR count). The predicted molar refractivity (Wildman–Crippen MR) is 72.9 cm³/mol. The Labute approximate surface area is 110 Å². The zero-order valence-electron chi connectivity index (χ0n) is 10.1. The van der Waals surface area contributed by atoms with Crippen LogP contribution in [0.2, 0.25) is 0 Å². The van der Waals surface area contributed by atoms with E-state index in [0.717, 1.165) is 17.1 Å². The summed E-state index contributed by atoms with van der Waals surface area (Å²) in [5.41, 5.74) is 6.43. The average molecular weight is 252 g/mol. The van der Waals surface area contributed by atoms with E-state index in [1.165, 1.54) is 0 Å². The third kappa shape index (κ3) is 2.57. The van der Waals surface area contributed by atoms with Gasteiger partial charge in [0.05, 0.1) is 0 Å². The van der Waals surface area contributed by atoms with E-state index in [1.807, 2.05) is 54.6 Å². The molecule has 2 N–H and O–H groups in total. The maximum absolute atomic E-state index is 5.70. The summed E-state index contributed by atoms with van der Waals surface area (Å²) in [4.78, 5) is 0. The summed E-state index contributed by atoms with van der Waals surface area (Å²) in [7, 11) is 0. The molecule has 2 aromatic carbocycles. The Kier molecular flexibility index (Phi) is 2.90. The number of hydrogen-bond donors (Lipinski definition) is 1. The number of aromatic nitrogens is 1. The zero-order valence-corrected chi connectivity index (χ0v) is 10.1. The largest absolute Gasteiger partial charge is 0.457 e. The molecule has 0 bridgehead atoms. The van der Waals surface area contributed by atoms with Crippen molar-refractivity contribution in [1.29, 1.82) is 0 Å². The van der Waals surface area contributed by atoms with Crippen LogP contribution in [-0.4, -0.2) is 5.16 Å². The van der Waals surface area contributed by atoms with Crippen molar-refractivity contribution in [2.45, 2.75) is 0 Å². The van der Waals surface area contributed by atoms with Crippen LogP contribution in [-0.2, 0) is 0 Å². The average Bonchev–Trinajstić information content (AvgIpc) is 2.87. The van der Waals surface area contributed by atoms with Crippen LogP contribution in [0.3, 0.4) is 0 Å². The van der Waals surface area contributed by atoms with Crippen LogP contribution < -0.4 is 10.5 Å². The van der Waals surface area contributed by atoms with Crippen molar-refractivity contribution in [2.24, 2.45) is 0 Å². The first-order valence-corrected chi connectivity index (χ1v) is 5.87. The van der Waals surface area contributed by atoms with Crippen LogP contribution in [0.1, 0.15) is 0 Å². The van der Waals surface area contributed by atoms with Gasteiger partial charge in [0, 0.05) is 11.6 Å². The second-order valence-corrected chi connectivity index (χ2v) is 4.06. The first-order valence-electron chi connectivity index (χ1n) is 5.87. The van der Waals surface area contributed by atoms with Crippen molar-refractivity contribution in [3.8, 4) is 22.8 Å². The standard InChI is InChI=1S/C15H12N2O2/c16-15-10-14(19-17-15)11-6-8-13(9-7-11)18-12-4-2-1-3-5-12/h1-10H,(H2,16,17). The summed E-state index contributed by atoms with van der Waals surface area (Å²) < 4.78 is 10.8. The molecule has 1 aromatic heterocycles. The molecule has 0 atom stereocenters. The third-order valence-corrected chi connectivity index (χ3v) is 2.65. The van der Waals surface area contributed by atoms with Crippen LogP contribution in [0.25, 0.3) is 11.3 Å². The summed E-state index contributed by atoms with van der Waals surface area (Å²) in [5.74, 6) is 2.59. The molecule has 0 aliphatic heterocycles. The lowest BCUT2D eigenvalue weighted by Gasteiger charge is -2.05. The molecule has 0 unspecified atom stereocenters. The van der Waals surface area contributed by atoms with Crippen molar-refractivity contribution in [2.75, 3.05) is 5.73 Å². The minimum absolute atomic E-state index is 0.375. The van der Waals surface area contributed by atoms with Gasteiger partial charge in [0.25, 0.3) is 0 Å². The van der Waals surface area contributed by atoms with Gasteiger partial charge in [-0.25, -0.2) is 0 Å². The van der Waals surface area contributed by atoms with E-state index in [-0.39, 0.29) is 0 Å². The van der Waals surface area contributed by atoms with Gasteiger partial charge in [-0.3, -0.25) is 0 Å². The Morgan fingerprint density at radius 1 is 0.895 bits per heavy atom. The highest BCUT2D eigenvalue weighted by atomic mass is 16.5. The van der Waals surface area contributed by atoms with Crippen LogP contribution in [0.15, 0.2) is 65.2 Å². The quantitative estimate of drug-likeness (QED) is 0.771. The van der Waals surface area contributed by atoms with E-state index in [4.69, 9.17) is 15.0 Å². The van der Waals surface area contributed by atoms with Gasteiger partial charge >= 0.3 is 0 Å². The minimum Gasteiger partial charge on any atom is -0.457 e. The Morgan fingerprint density at radius 3 is 2.21 bits per heavy atom. The van der Waals surface area contributed by atoms with Gasteiger partial charge < -0.3 is 15.0 Å². The van der Waals surface area contributed by atoms with Crippen molar-refractivity contribution in [3.63, 3.8) is 0 Å². The molecule has 0 amide bonds. The van der Waals surface area contributed by atoms with Crippen LogP contribution in [0, 0.1) is 0 Å². The van der Waals surface area contributed by atoms with Gasteiger partial charge in [-0.05, 0) is 36.4 Å². The highest BCUT2D eigenvalue weighted by Crippen LogP contribution is 2.26. The molecular formula is C15H12N2O2. The van der Waals surface area contributed by atoms with E-state index in [2.05, 4.69) is 5.16 Å². The Morgan fingerprint density at radius 2 is 1.58 bits per heavy atom. The first kappa shape index (κ1) is 11.3. The fourth-order valence-electron chi connectivity index (χ4n) is 1.74. The lowest BCUT2D eigenvalue weighted by atomic mass is 10.1. The van der Waals surface area contributed by atoms with Gasteiger partial charge in [-0.15, -0.1) is 0 Å². The summed E-state index contributed by atoms with van der Waals surface area (Å²) in [6.45, 7) is 0. The van der Waals surface area contributed by atoms with Crippen LogP contribution in [0.4, 0.5) is 5.82 Å². The second kappa shape index (κ2) is 4.86. The number of hydrogen-bond acceptors (Lipinski definition) is 4. The maximum atomic E-state index is 5.70. The number of rotatable bonds is 3. The molecule has 4 nitrogen and oxygen atoms in total. The highest BCUT2D eigenvalue weighted by Gasteiger charge is 2.05. The molecule has 4 heteroatoms. The Hall–Kier alpha value is -2.75. The molecule has 0 fully saturated rings. The first-order chi connectivity index (χ1) is 9.31. The number of nitrogen functional groups attached to an aromatic ring is 1. The Bertz CT molecular complexity index is 660. The van der Waals surface area contributed by atoms with Crippen molar-refractivity contribution < 1.29 is 9.26 Å². The number of ether oxygens (including phenoxy) is 1. The SMILES string of the molecule is Nc1cc(-c2ccc(Oc3ccccc3)cc2)on1.